The van der Waals surface area contributed by atoms with E-state index in [0.29, 0.717) is 0 Å². The van der Waals surface area contributed by atoms with Crippen molar-refractivity contribution in [2.24, 2.45) is 11.1 Å². The van der Waals surface area contributed by atoms with E-state index in [2.05, 4.69) is 44.0 Å². The number of benzene rings is 1. The third-order valence-electron chi connectivity index (χ3n) is 2.95. The molecule has 1 aromatic rings. The molecule has 0 amide bonds. The highest BCUT2D eigenvalue weighted by Crippen LogP contribution is 2.20. The van der Waals surface area contributed by atoms with Crippen molar-refractivity contribution in [3.05, 3.63) is 35.9 Å². The molecule has 21 heavy (non-hydrogen) atoms. The van der Waals surface area contributed by atoms with Crippen LogP contribution in [0, 0.1) is 5.41 Å². The molecule has 3 heteroatoms. The van der Waals surface area contributed by atoms with Gasteiger partial charge in [0, 0.05) is 11.0 Å². The van der Waals surface area contributed by atoms with Crippen molar-refractivity contribution in [1.29, 1.82) is 0 Å². The van der Waals surface area contributed by atoms with Crippen LogP contribution in [-0.4, -0.2) is 24.4 Å². The molecular formula is C18H32N2O. The molecule has 0 radical (unpaired) electrons. The summed E-state index contributed by atoms with van der Waals surface area (Å²) in [6.45, 7) is 12.2. The second-order valence-corrected chi connectivity index (χ2v) is 7.25. The highest BCUT2D eigenvalue weighted by Gasteiger charge is 2.31. The third kappa shape index (κ3) is 7.98. The van der Waals surface area contributed by atoms with Gasteiger partial charge in [-0.2, -0.15) is 0 Å². The zero-order valence-corrected chi connectivity index (χ0v) is 14.7. The van der Waals surface area contributed by atoms with Gasteiger partial charge in [0.1, 0.15) is 0 Å². The molecule has 0 saturated carbocycles. The number of nitrogens with one attached hydrogen (secondary N) is 1. The van der Waals surface area contributed by atoms with E-state index in [1.165, 1.54) is 12.6 Å². The van der Waals surface area contributed by atoms with Crippen molar-refractivity contribution in [3.63, 3.8) is 0 Å². The van der Waals surface area contributed by atoms with Gasteiger partial charge < -0.3 is 11.1 Å². The lowest BCUT2D eigenvalue weighted by Crippen LogP contribution is -2.51. The number of carbonyl (C=O) groups is 1. The summed E-state index contributed by atoms with van der Waals surface area (Å²) in [6, 6.07) is 10.1. The lowest BCUT2D eigenvalue weighted by Gasteiger charge is -2.32. The first-order valence-electron chi connectivity index (χ1n) is 7.53. The normalized spacial score (nSPS) is 13.1. The largest absolute Gasteiger partial charge is 0.333 e. The van der Waals surface area contributed by atoms with Crippen LogP contribution in [-0.2, 0) is 11.2 Å². The highest BCUT2D eigenvalue weighted by atomic mass is 16.1. The van der Waals surface area contributed by atoms with Crippen molar-refractivity contribution in [1.82, 2.24) is 5.32 Å². The minimum Gasteiger partial charge on any atom is -0.333 e. The standard InChI is InChI=1S/C17H27NO.CH5N/c1-16(2,3)15(19)14(18-17(4,5)6)12-13-10-8-7-9-11-13;1-2/h7-11,14,18H,12H2,1-6H3;2H2,1H3. The van der Waals surface area contributed by atoms with Crippen LogP contribution in [0.1, 0.15) is 47.1 Å². The molecule has 0 aliphatic heterocycles. The summed E-state index contributed by atoms with van der Waals surface area (Å²) < 4.78 is 0. The summed E-state index contributed by atoms with van der Waals surface area (Å²) in [5, 5.41) is 3.46. The molecule has 0 aromatic heterocycles. The fourth-order valence-corrected chi connectivity index (χ4v) is 2.10. The first-order valence-corrected chi connectivity index (χ1v) is 7.53. The summed E-state index contributed by atoms with van der Waals surface area (Å²) >= 11 is 0. The molecule has 1 atom stereocenters. The van der Waals surface area contributed by atoms with Crippen LogP contribution in [0.25, 0.3) is 0 Å². The van der Waals surface area contributed by atoms with E-state index in [1.54, 1.807) is 0 Å². The fraction of sp³-hybridized carbons (Fsp3) is 0.611. The first-order chi connectivity index (χ1) is 9.59. The van der Waals surface area contributed by atoms with Gasteiger partial charge >= 0.3 is 0 Å². The van der Waals surface area contributed by atoms with Gasteiger partial charge in [-0.05, 0) is 39.8 Å². The maximum atomic E-state index is 12.6. The second kappa shape index (κ2) is 8.30. The predicted molar refractivity (Wildman–Crippen MR) is 91.4 cm³/mol. The summed E-state index contributed by atoms with van der Waals surface area (Å²) in [5.41, 5.74) is 5.31. The maximum absolute atomic E-state index is 12.6. The van der Waals surface area contributed by atoms with E-state index in [0.717, 1.165) is 6.42 Å². The van der Waals surface area contributed by atoms with Crippen molar-refractivity contribution in [3.8, 4) is 0 Å². The molecule has 0 bridgehead atoms. The van der Waals surface area contributed by atoms with Gasteiger partial charge in [0.25, 0.3) is 0 Å². The van der Waals surface area contributed by atoms with Gasteiger partial charge in [-0.15, -0.1) is 0 Å². The Balaban J connectivity index is 0.00000191. The molecule has 1 rings (SSSR count). The summed E-state index contributed by atoms with van der Waals surface area (Å²) in [4.78, 5) is 12.6. The summed E-state index contributed by atoms with van der Waals surface area (Å²) in [5.74, 6) is 0.270. The number of carbonyl (C=O) groups excluding carboxylic acids is 1. The topological polar surface area (TPSA) is 55.1 Å². The monoisotopic (exact) mass is 292 g/mol. The van der Waals surface area contributed by atoms with Crippen LogP contribution in [0.3, 0.4) is 0 Å². The quantitative estimate of drug-likeness (QED) is 0.896. The number of hydrogen-bond donors (Lipinski definition) is 2. The Bertz CT molecular complexity index is 413. The minimum absolute atomic E-state index is 0.0691. The second-order valence-electron chi connectivity index (χ2n) is 7.25. The van der Waals surface area contributed by atoms with Crippen LogP contribution in [0.5, 0.6) is 0 Å². The van der Waals surface area contributed by atoms with E-state index in [4.69, 9.17) is 0 Å². The van der Waals surface area contributed by atoms with Crippen LogP contribution < -0.4 is 11.1 Å². The van der Waals surface area contributed by atoms with Crippen LogP contribution in [0.2, 0.25) is 0 Å². The van der Waals surface area contributed by atoms with E-state index in [9.17, 15) is 4.79 Å². The number of nitrogens with two attached hydrogens (primary N) is 1. The van der Waals surface area contributed by atoms with Gasteiger partial charge in [-0.25, -0.2) is 0 Å². The maximum Gasteiger partial charge on any atom is 0.155 e. The van der Waals surface area contributed by atoms with Gasteiger partial charge in [0.15, 0.2) is 5.78 Å². The van der Waals surface area contributed by atoms with Gasteiger partial charge in [0.05, 0.1) is 6.04 Å². The van der Waals surface area contributed by atoms with Crippen molar-refractivity contribution in [2.45, 2.75) is 59.5 Å². The molecule has 1 aromatic carbocycles. The smallest absolute Gasteiger partial charge is 0.155 e. The molecule has 120 valence electrons. The lowest BCUT2D eigenvalue weighted by atomic mass is 9.83. The van der Waals surface area contributed by atoms with Crippen LogP contribution >= 0.6 is 0 Å². The van der Waals surface area contributed by atoms with E-state index in [1.807, 2.05) is 39.0 Å². The molecule has 0 spiro atoms. The van der Waals surface area contributed by atoms with E-state index < -0.39 is 0 Å². The molecule has 0 aliphatic carbocycles. The zero-order chi connectivity index (χ0) is 16.7. The number of Topliss-reactive ketones (excluding diaryl/α,β-unsaturated/α-hetero) is 1. The average Bonchev–Trinajstić information content (AvgIpc) is 2.38. The van der Waals surface area contributed by atoms with Crippen LogP contribution in [0.4, 0.5) is 0 Å². The van der Waals surface area contributed by atoms with E-state index in [-0.39, 0.29) is 22.8 Å². The molecule has 0 aliphatic rings. The number of hydrogen-bond acceptors (Lipinski definition) is 3. The molecule has 3 N–H and O–H groups in total. The minimum atomic E-state index is -0.322. The van der Waals surface area contributed by atoms with Gasteiger partial charge in [-0.3, -0.25) is 4.79 Å². The molecule has 0 saturated heterocycles. The Morgan fingerprint density at radius 2 is 1.52 bits per heavy atom. The average molecular weight is 292 g/mol. The Hall–Kier alpha value is -1.19. The highest BCUT2D eigenvalue weighted by molar-refractivity contribution is 5.89. The Morgan fingerprint density at radius 3 is 1.90 bits per heavy atom. The summed E-state index contributed by atoms with van der Waals surface area (Å²) in [6.07, 6.45) is 0.744. The fourth-order valence-electron chi connectivity index (χ4n) is 2.10. The van der Waals surface area contributed by atoms with Gasteiger partial charge in [-0.1, -0.05) is 51.1 Å². The number of rotatable bonds is 4. The van der Waals surface area contributed by atoms with Crippen LogP contribution in [0.15, 0.2) is 30.3 Å². The first kappa shape index (κ1) is 19.8. The lowest BCUT2D eigenvalue weighted by molar-refractivity contribution is -0.128. The SMILES string of the molecule is CC(C)(C)NC(Cc1ccccc1)C(=O)C(C)(C)C.CN. The van der Waals surface area contributed by atoms with Gasteiger partial charge in [0.2, 0.25) is 0 Å². The Kier molecular flexibility index (Phi) is 7.83. The Morgan fingerprint density at radius 1 is 1.05 bits per heavy atom. The van der Waals surface area contributed by atoms with Crippen molar-refractivity contribution in [2.75, 3.05) is 7.05 Å². The third-order valence-corrected chi connectivity index (χ3v) is 2.95. The molecule has 0 heterocycles. The molecule has 3 nitrogen and oxygen atoms in total. The molecule has 1 unspecified atom stereocenters. The van der Waals surface area contributed by atoms with Crippen molar-refractivity contribution >= 4 is 5.78 Å². The predicted octanol–water partition coefficient (Wildman–Crippen LogP) is 3.18. The number of ketones is 1. The summed E-state index contributed by atoms with van der Waals surface area (Å²) in [7, 11) is 1.50. The zero-order valence-electron chi connectivity index (χ0n) is 14.7. The molecular weight excluding hydrogens is 260 g/mol. The molecule has 0 fully saturated rings. The van der Waals surface area contributed by atoms with Crippen molar-refractivity contribution < 1.29 is 4.79 Å². The Labute approximate surface area is 130 Å². The van der Waals surface area contributed by atoms with E-state index >= 15 is 0 Å².